The van der Waals surface area contributed by atoms with Crippen molar-refractivity contribution in [3.63, 3.8) is 0 Å². The summed E-state index contributed by atoms with van der Waals surface area (Å²) in [6.07, 6.45) is 3.43. The monoisotopic (exact) mass is 241 g/mol. The first-order valence-corrected chi connectivity index (χ1v) is 6.05. The molecule has 4 heteroatoms. The first-order chi connectivity index (χ1) is 8.24. The minimum Gasteiger partial charge on any atom is -0.493 e. The number of benzene rings is 1. The van der Waals surface area contributed by atoms with Gasteiger partial charge in [0, 0.05) is 24.7 Å². The SMILES string of the molecule is Fc1cc(F)cc(OCCCN2CCCC2)c1. The van der Waals surface area contributed by atoms with Gasteiger partial charge in [-0.2, -0.15) is 0 Å². The molecule has 1 aliphatic rings. The molecule has 0 aromatic heterocycles. The summed E-state index contributed by atoms with van der Waals surface area (Å²) >= 11 is 0. The number of nitrogens with zero attached hydrogens (tertiary/aromatic N) is 1. The Balaban J connectivity index is 1.70. The summed E-state index contributed by atoms with van der Waals surface area (Å²) < 4.78 is 31.0. The number of halogens is 2. The smallest absolute Gasteiger partial charge is 0.129 e. The minimum absolute atomic E-state index is 0.268. The quantitative estimate of drug-likeness (QED) is 0.735. The Hall–Kier alpha value is -1.16. The van der Waals surface area contributed by atoms with Gasteiger partial charge in [0.15, 0.2) is 0 Å². The molecule has 0 amide bonds. The van der Waals surface area contributed by atoms with Crippen LogP contribution in [-0.2, 0) is 0 Å². The molecule has 1 aromatic carbocycles. The van der Waals surface area contributed by atoms with Gasteiger partial charge in [0.2, 0.25) is 0 Å². The molecule has 1 heterocycles. The Bertz CT molecular complexity index is 344. The van der Waals surface area contributed by atoms with E-state index in [1.165, 1.54) is 25.0 Å². The molecule has 2 rings (SSSR count). The number of ether oxygens (including phenoxy) is 1. The molecule has 0 N–H and O–H groups in total. The summed E-state index contributed by atoms with van der Waals surface area (Å²) in [6, 6.07) is 3.26. The maximum Gasteiger partial charge on any atom is 0.129 e. The highest BCUT2D eigenvalue weighted by Crippen LogP contribution is 2.15. The highest BCUT2D eigenvalue weighted by atomic mass is 19.1. The third-order valence-electron chi connectivity index (χ3n) is 2.92. The lowest BCUT2D eigenvalue weighted by Gasteiger charge is -2.14. The van der Waals surface area contributed by atoms with Crippen LogP contribution in [0.4, 0.5) is 8.78 Å². The van der Waals surface area contributed by atoms with Crippen LogP contribution in [0.3, 0.4) is 0 Å². The van der Waals surface area contributed by atoms with Gasteiger partial charge in [0.05, 0.1) is 6.61 Å². The van der Waals surface area contributed by atoms with Crippen LogP contribution >= 0.6 is 0 Å². The van der Waals surface area contributed by atoms with E-state index in [1.54, 1.807) is 0 Å². The predicted molar refractivity (Wildman–Crippen MR) is 62.1 cm³/mol. The number of hydrogen-bond acceptors (Lipinski definition) is 2. The second-order valence-electron chi connectivity index (χ2n) is 4.36. The minimum atomic E-state index is -0.598. The largest absolute Gasteiger partial charge is 0.493 e. The summed E-state index contributed by atoms with van der Waals surface area (Å²) in [7, 11) is 0. The van der Waals surface area contributed by atoms with Crippen molar-refractivity contribution in [2.75, 3.05) is 26.2 Å². The average molecular weight is 241 g/mol. The van der Waals surface area contributed by atoms with Gasteiger partial charge in [-0.1, -0.05) is 0 Å². The number of rotatable bonds is 5. The maximum absolute atomic E-state index is 12.9. The molecule has 0 spiro atoms. The Morgan fingerprint density at radius 2 is 1.71 bits per heavy atom. The molecule has 0 aliphatic carbocycles. The van der Waals surface area contributed by atoms with Crippen molar-refractivity contribution in [3.8, 4) is 5.75 Å². The zero-order valence-corrected chi connectivity index (χ0v) is 9.79. The van der Waals surface area contributed by atoms with E-state index in [4.69, 9.17) is 4.74 Å². The van der Waals surface area contributed by atoms with Crippen molar-refractivity contribution in [2.45, 2.75) is 19.3 Å². The number of likely N-dealkylation sites (tertiary alicyclic amines) is 1. The van der Waals surface area contributed by atoms with Gasteiger partial charge in [-0.15, -0.1) is 0 Å². The van der Waals surface area contributed by atoms with E-state index < -0.39 is 11.6 Å². The van der Waals surface area contributed by atoms with Crippen LogP contribution in [0.5, 0.6) is 5.75 Å². The van der Waals surface area contributed by atoms with Crippen LogP contribution in [0.25, 0.3) is 0 Å². The van der Waals surface area contributed by atoms with Gasteiger partial charge in [-0.05, 0) is 32.4 Å². The molecule has 0 bridgehead atoms. The fraction of sp³-hybridized carbons (Fsp3) is 0.538. The third-order valence-corrected chi connectivity index (χ3v) is 2.92. The van der Waals surface area contributed by atoms with Crippen molar-refractivity contribution in [3.05, 3.63) is 29.8 Å². The molecule has 1 fully saturated rings. The molecule has 0 radical (unpaired) electrons. The molecule has 1 aliphatic heterocycles. The van der Waals surface area contributed by atoms with E-state index in [0.29, 0.717) is 6.61 Å². The summed E-state index contributed by atoms with van der Waals surface area (Å²) in [5.41, 5.74) is 0. The summed E-state index contributed by atoms with van der Waals surface area (Å²) in [4.78, 5) is 2.38. The second kappa shape index (κ2) is 5.96. The Kier molecular flexibility index (Phi) is 4.31. The van der Waals surface area contributed by atoms with Gasteiger partial charge in [-0.25, -0.2) is 8.78 Å². The fourth-order valence-corrected chi connectivity index (χ4v) is 2.10. The first kappa shape index (κ1) is 12.3. The van der Waals surface area contributed by atoms with Crippen molar-refractivity contribution >= 4 is 0 Å². The highest BCUT2D eigenvalue weighted by molar-refractivity contribution is 5.23. The molecule has 0 unspecified atom stereocenters. The Labute approximate surface area is 100 Å². The molecule has 2 nitrogen and oxygen atoms in total. The van der Waals surface area contributed by atoms with Crippen LogP contribution in [0.2, 0.25) is 0 Å². The lowest BCUT2D eigenvalue weighted by atomic mass is 10.3. The molecule has 17 heavy (non-hydrogen) atoms. The Morgan fingerprint density at radius 1 is 1.06 bits per heavy atom. The van der Waals surface area contributed by atoms with Crippen molar-refractivity contribution in [2.24, 2.45) is 0 Å². The van der Waals surface area contributed by atoms with Gasteiger partial charge >= 0.3 is 0 Å². The Morgan fingerprint density at radius 3 is 2.35 bits per heavy atom. The summed E-state index contributed by atoms with van der Waals surface area (Å²) in [5.74, 6) is -0.928. The van der Waals surface area contributed by atoms with Crippen molar-refractivity contribution < 1.29 is 13.5 Å². The lowest BCUT2D eigenvalue weighted by molar-refractivity contribution is 0.262. The van der Waals surface area contributed by atoms with Crippen LogP contribution < -0.4 is 4.74 Å². The van der Waals surface area contributed by atoms with Crippen molar-refractivity contribution in [1.82, 2.24) is 4.90 Å². The standard InChI is InChI=1S/C13H17F2NO/c14-11-8-12(15)10-13(9-11)17-7-3-6-16-4-1-2-5-16/h8-10H,1-7H2. The van der Waals surface area contributed by atoms with Gasteiger partial charge in [0.1, 0.15) is 17.4 Å². The molecule has 1 saturated heterocycles. The highest BCUT2D eigenvalue weighted by Gasteiger charge is 2.10. The summed E-state index contributed by atoms with van der Waals surface area (Å²) in [5, 5.41) is 0. The topological polar surface area (TPSA) is 12.5 Å². The normalized spacial score (nSPS) is 16.4. The fourth-order valence-electron chi connectivity index (χ4n) is 2.10. The van der Waals surface area contributed by atoms with Gasteiger partial charge in [-0.3, -0.25) is 0 Å². The average Bonchev–Trinajstić information content (AvgIpc) is 2.76. The third kappa shape index (κ3) is 3.97. The molecule has 94 valence electrons. The molecule has 1 aromatic rings. The molecule has 0 atom stereocenters. The van der Waals surface area contributed by atoms with Crippen molar-refractivity contribution in [1.29, 1.82) is 0 Å². The second-order valence-corrected chi connectivity index (χ2v) is 4.36. The predicted octanol–water partition coefficient (Wildman–Crippen LogP) is 2.83. The molecule has 0 saturated carbocycles. The van der Waals surface area contributed by atoms with Crippen LogP contribution in [-0.4, -0.2) is 31.1 Å². The molecular formula is C13H17F2NO. The number of hydrogen-bond donors (Lipinski definition) is 0. The van der Waals surface area contributed by atoms with Crippen LogP contribution in [0, 0.1) is 11.6 Å². The van der Waals surface area contributed by atoms with E-state index in [9.17, 15) is 8.78 Å². The van der Waals surface area contributed by atoms with E-state index in [-0.39, 0.29) is 5.75 Å². The summed E-state index contributed by atoms with van der Waals surface area (Å²) in [6.45, 7) is 3.82. The molecular weight excluding hydrogens is 224 g/mol. The zero-order chi connectivity index (χ0) is 12.1. The first-order valence-electron chi connectivity index (χ1n) is 6.05. The van der Waals surface area contributed by atoms with Gasteiger partial charge in [0.25, 0.3) is 0 Å². The zero-order valence-electron chi connectivity index (χ0n) is 9.79. The van der Waals surface area contributed by atoms with Gasteiger partial charge < -0.3 is 9.64 Å². The van der Waals surface area contributed by atoms with Crippen LogP contribution in [0.1, 0.15) is 19.3 Å². The van der Waals surface area contributed by atoms with Crippen LogP contribution in [0.15, 0.2) is 18.2 Å². The maximum atomic E-state index is 12.9. The van der Waals surface area contributed by atoms with E-state index in [1.807, 2.05) is 0 Å². The van der Waals surface area contributed by atoms with E-state index in [0.717, 1.165) is 32.1 Å². The van der Waals surface area contributed by atoms with E-state index >= 15 is 0 Å². The van der Waals surface area contributed by atoms with E-state index in [2.05, 4.69) is 4.90 Å². The lowest BCUT2D eigenvalue weighted by Crippen LogP contribution is -2.21.